The Kier molecular flexibility index (Phi) is 3.23. The SMILES string of the molecule is Oc1ccc(-c2nc(-c3ccc(F)c(Cl)c3)no2)c(O)c1. The number of phenolic OH excluding ortho intramolecular Hbond substituents is 2. The summed E-state index contributed by atoms with van der Waals surface area (Å²) < 4.78 is 18.2. The van der Waals surface area contributed by atoms with Crippen molar-refractivity contribution in [2.45, 2.75) is 0 Å². The molecule has 0 aliphatic rings. The summed E-state index contributed by atoms with van der Waals surface area (Å²) in [5.41, 5.74) is 0.759. The molecule has 0 spiro atoms. The number of halogens is 2. The van der Waals surface area contributed by atoms with Crippen LogP contribution in [0.3, 0.4) is 0 Å². The van der Waals surface area contributed by atoms with Gasteiger partial charge in [0.05, 0.1) is 10.6 Å². The smallest absolute Gasteiger partial charge is 0.262 e. The molecule has 7 heteroatoms. The first kappa shape index (κ1) is 13.4. The highest BCUT2D eigenvalue weighted by atomic mass is 35.5. The maximum atomic E-state index is 13.1. The van der Waals surface area contributed by atoms with Crippen molar-refractivity contribution in [3.8, 4) is 34.3 Å². The van der Waals surface area contributed by atoms with Gasteiger partial charge in [0.15, 0.2) is 0 Å². The van der Waals surface area contributed by atoms with Gasteiger partial charge < -0.3 is 14.7 Å². The van der Waals surface area contributed by atoms with E-state index in [2.05, 4.69) is 10.1 Å². The van der Waals surface area contributed by atoms with Gasteiger partial charge in [0.1, 0.15) is 17.3 Å². The molecule has 0 atom stereocenters. The summed E-state index contributed by atoms with van der Waals surface area (Å²) in [5, 5.41) is 22.7. The fraction of sp³-hybridized carbons (Fsp3) is 0. The third-order valence-corrected chi connectivity index (χ3v) is 3.11. The molecule has 0 aliphatic carbocycles. The molecule has 21 heavy (non-hydrogen) atoms. The first-order valence-corrected chi connectivity index (χ1v) is 6.24. The molecule has 1 heterocycles. The predicted molar refractivity (Wildman–Crippen MR) is 73.5 cm³/mol. The van der Waals surface area contributed by atoms with Crippen LogP contribution in [-0.2, 0) is 0 Å². The molecule has 0 fully saturated rings. The largest absolute Gasteiger partial charge is 0.508 e. The summed E-state index contributed by atoms with van der Waals surface area (Å²) in [6.07, 6.45) is 0. The predicted octanol–water partition coefficient (Wildman–Crippen LogP) is 3.61. The zero-order valence-electron chi connectivity index (χ0n) is 10.4. The molecule has 0 saturated carbocycles. The molecule has 1 aromatic heterocycles. The van der Waals surface area contributed by atoms with E-state index < -0.39 is 5.82 Å². The van der Waals surface area contributed by atoms with Crippen molar-refractivity contribution in [3.63, 3.8) is 0 Å². The van der Waals surface area contributed by atoms with Crippen molar-refractivity contribution in [1.82, 2.24) is 10.1 Å². The van der Waals surface area contributed by atoms with E-state index in [-0.39, 0.29) is 33.8 Å². The van der Waals surface area contributed by atoms with Crippen LogP contribution < -0.4 is 0 Å². The lowest BCUT2D eigenvalue weighted by atomic mass is 10.2. The zero-order valence-corrected chi connectivity index (χ0v) is 11.2. The second-order valence-electron chi connectivity index (χ2n) is 4.25. The van der Waals surface area contributed by atoms with Crippen molar-refractivity contribution in [2.24, 2.45) is 0 Å². The number of nitrogens with zero attached hydrogens (tertiary/aromatic N) is 2. The minimum atomic E-state index is -0.541. The number of hydrogen-bond acceptors (Lipinski definition) is 5. The zero-order chi connectivity index (χ0) is 15.0. The average molecular weight is 307 g/mol. The van der Waals surface area contributed by atoms with E-state index in [4.69, 9.17) is 16.1 Å². The Labute approximate surface area is 123 Å². The van der Waals surface area contributed by atoms with Crippen LogP contribution in [-0.4, -0.2) is 20.4 Å². The molecule has 0 amide bonds. The van der Waals surface area contributed by atoms with Crippen LogP contribution in [0.4, 0.5) is 4.39 Å². The highest BCUT2D eigenvalue weighted by Crippen LogP contribution is 2.32. The highest BCUT2D eigenvalue weighted by molar-refractivity contribution is 6.31. The molecular formula is C14H8ClFN2O3. The van der Waals surface area contributed by atoms with Gasteiger partial charge in [0, 0.05) is 11.6 Å². The van der Waals surface area contributed by atoms with Crippen LogP contribution in [0.5, 0.6) is 11.5 Å². The van der Waals surface area contributed by atoms with Gasteiger partial charge in [-0.2, -0.15) is 4.98 Å². The Morgan fingerprint density at radius 2 is 1.90 bits per heavy atom. The third kappa shape index (κ3) is 2.53. The van der Waals surface area contributed by atoms with Crippen LogP contribution in [0.1, 0.15) is 0 Å². The van der Waals surface area contributed by atoms with E-state index in [1.54, 1.807) is 0 Å². The number of phenols is 2. The molecule has 0 saturated heterocycles. The molecule has 0 unspecified atom stereocenters. The van der Waals surface area contributed by atoms with E-state index in [0.29, 0.717) is 5.56 Å². The molecular weight excluding hydrogens is 299 g/mol. The number of aromatic nitrogens is 2. The highest BCUT2D eigenvalue weighted by Gasteiger charge is 2.15. The lowest BCUT2D eigenvalue weighted by Gasteiger charge is -1.99. The summed E-state index contributed by atoms with van der Waals surface area (Å²) in [4.78, 5) is 4.11. The molecule has 2 aromatic carbocycles. The Bertz CT molecular complexity index is 820. The van der Waals surface area contributed by atoms with Gasteiger partial charge in [-0.1, -0.05) is 16.8 Å². The number of aromatic hydroxyl groups is 2. The Morgan fingerprint density at radius 1 is 1.10 bits per heavy atom. The maximum absolute atomic E-state index is 13.1. The maximum Gasteiger partial charge on any atom is 0.262 e. The van der Waals surface area contributed by atoms with Crippen molar-refractivity contribution >= 4 is 11.6 Å². The minimum Gasteiger partial charge on any atom is -0.508 e. The van der Waals surface area contributed by atoms with E-state index in [1.807, 2.05) is 0 Å². The topological polar surface area (TPSA) is 79.4 Å². The van der Waals surface area contributed by atoms with E-state index >= 15 is 0 Å². The lowest BCUT2D eigenvalue weighted by molar-refractivity contribution is 0.423. The van der Waals surface area contributed by atoms with Crippen molar-refractivity contribution in [1.29, 1.82) is 0 Å². The molecule has 106 valence electrons. The second kappa shape index (κ2) is 5.06. The van der Waals surface area contributed by atoms with Crippen LogP contribution in [0, 0.1) is 5.82 Å². The fourth-order valence-electron chi connectivity index (χ4n) is 1.79. The summed E-state index contributed by atoms with van der Waals surface area (Å²) >= 11 is 5.70. The quantitative estimate of drug-likeness (QED) is 0.756. The van der Waals surface area contributed by atoms with Crippen LogP contribution in [0.15, 0.2) is 40.9 Å². The van der Waals surface area contributed by atoms with Gasteiger partial charge in [0.25, 0.3) is 5.89 Å². The normalized spacial score (nSPS) is 10.8. The molecule has 0 bridgehead atoms. The van der Waals surface area contributed by atoms with E-state index in [9.17, 15) is 14.6 Å². The van der Waals surface area contributed by atoms with Crippen molar-refractivity contribution in [2.75, 3.05) is 0 Å². The van der Waals surface area contributed by atoms with Gasteiger partial charge in [-0.15, -0.1) is 0 Å². The fourth-order valence-corrected chi connectivity index (χ4v) is 1.97. The second-order valence-corrected chi connectivity index (χ2v) is 4.66. The summed E-state index contributed by atoms with van der Waals surface area (Å²) in [6.45, 7) is 0. The Balaban J connectivity index is 2.01. The van der Waals surface area contributed by atoms with Gasteiger partial charge in [0.2, 0.25) is 5.82 Å². The van der Waals surface area contributed by atoms with Crippen LogP contribution >= 0.6 is 11.6 Å². The molecule has 3 rings (SSSR count). The van der Waals surface area contributed by atoms with Crippen LogP contribution in [0.2, 0.25) is 5.02 Å². The molecule has 0 aliphatic heterocycles. The third-order valence-electron chi connectivity index (χ3n) is 2.82. The van der Waals surface area contributed by atoms with Gasteiger partial charge in [-0.25, -0.2) is 4.39 Å². The minimum absolute atomic E-state index is 0.0497. The number of rotatable bonds is 2. The first-order valence-electron chi connectivity index (χ1n) is 5.86. The molecule has 3 aromatic rings. The lowest BCUT2D eigenvalue weighted by Crippen LogP contribution is -1.84. The van der Waals surface area contributed by atoms with Crippen LogP contribution in [0.25, 0.3) is 22.8 Å². The van der Waals surface area contributed by atoms with Gasteiger partial charge >= 0.3 is 0 Å². The van der Waals surface area contributed by atoms with Crippen molar-refractivity contribution in [3.05, 3.63) is 47.2 Å². The Hall–Kier alpha value is -2.60. The standard InChI is InChI=1S/C14H8ClFN2O3/c15-10-5-7(1-4-11(10)16)13-17-14(21-18-13)9-3-2-8(19)6-12(9)20/h1-6,19-20H. The summed E-state index contributed by atoms with van der Waals surface area (Å²) in [5.74, 6) is -0.536. The van der Waals surface area contributed by atoms with Crippen molar-refractivity contribution < 1.29 is 19.1 Å². The molecule has 2 N–H and O–H groups in total. The molecule has 0 radical (unpaired) electrons. The monoisotopic (exact) mass is 306 g/mol. The average Bonchev–Trinajstić information content (AvgIpc) is 2.91. The summed E-state index contributed by atoms with van der Waals surface area (Å²) in [6, 6.07) is 8.03. The van der Waals surface area contributed by atoms with Gasteiger partial charge in [-0.05, 0) is 30.3 Å². The number of benzene rings is 2. The van der Waals surface area contributed by atoms with E-state index in [0.717, 1.165) is 6.07 Å². The van der Waals surface area contributed by atoms with E-state index in [1.165, 1.54) is 30.3 Å². The Morgan fingerprint density at radius 3 is 2.62 bits per heavy atom. The van der Waals surface area contributed by atoms with Gasteiger partial charge in [-0.3, -0.25) is 0 Å². The molecule has 5 nitrogen and oxygen atoms in total. The first-order chi connectivity index (χ1) is 10.0. The number of hydrogen-bond donors (Lipinski definition) is 2. The summed E-state index contributed by atoms with van der Waals surface area (Å²) in [7, 11) is 0.